The summed E-state index contributed by atoms with van der Waals surface area (Å²) in [7, 11) is 0. The molecule has 0 fully saturated rings. The van der Waals surface area contributed by atoms with Gasteiger partial charge in [-0.1, -0.05) is 51.2 Å². The van der Waals surface area contributed by atoms with Crippen LogP contribution in [0.4, 0.5) is 5.69 Å². The van der Waals surface area contributed by atoms with E-state index >= 15 is 0 Å². The van der Waals surface area contributed by atoms with E-state index in [-0.39, 0.29) is 0 Å². The minimum atomic E-state index is 0.427. The molecule has 0 radical (unpaired) electrons. The number of rotatable bonds is 7. The first kappa shape index (κ1) is 19.8. The van der Waals surface area contributed by atoms with Crippen LogP contribution < -0.4 is 0 Å². The van der Waals surface area contributed by atoms with Crippen molar-refractivity contribution in [2.75, 3.05) is 0 Å². The van der Waals surface area contributed by atoms with E-state index in [0.29, 0.717) is 5.92 Å². The molecule has 0 saturated heterocycles. The lowest BCUT2D eigenvalue weighted by atomic mass is 9.87. The Morgan fingerprint density at radius 2 is 2.12 bits per heavy atom. The summed E-state index contributed by atoms with van der Waals surface area (Å²) in [6.07, 6.45) is 13.9. The van der Waals surface area contributed by atoms with Crippen LogP contribution in [0.1, 0.15) is 63.1 Å². The summed E-state index contributed by atoms with van der Waals surface area (Å²) in [6, 6.07) is 4.12. The lowest BCUT2D eigenvalue weighted by Crippen LogP contribution is -2.01. The molecule has 0 spiro atoms. The average Bonchev–Trinajstić information content (AvgIpc) is 2.67. The van der Waals surface area contributed by atoms with Gasteiger partial charge in [-0.3, -0.25) is 9.98 Å². The monoisotopic (exact) mass is 346 g/mol. The Morgan fingerprint density at radius 1 is 1.35 bits per heavy atom. The fourth-order valence-corrected chi connectivity index (χ4v) is 3.08. The molecule has 2 heteroatoms. The van der Waals surface area contributed by atoms with E-state index in [9.17, 15) is 0 Å². The van der Waals surface area contributed by atoms with E-state index in [1.54, 1.807) is 0 Å². The molecule has 2 nitrogen and oxygen atoms in total. The van der Waals surface area contributed by atoms with Crippen molar-refractivity contribution < 1.29 is 0 Å². The Morgan fingerprint density at radius 3 is 2.77 bits per heavy atom. The molecule has 1 aromatic heterocycles. The van der Waals surface area contributed by atoms with Gasteiger partial charge in [-0.2, -0.15) is 0 Å². The molecule has 0 amide bonds. The van der Waals surface area contributed by atoms with Crippen molar-refractivity contribution in [2.45, 2.75) is 53.4 Å². The van der Waals surface area contributed by atoms with Crippen LogP contribution in [0, 0.1) is 6.92 Å². The standard InChI is InChI=1S/C24H30N2/c1-7-10-12-20-19(6)23(26-16-14-17(4)8-2)21-13-11-15-25-24(21)22(20)18(5)9-3/h7,10-16,18H,1,8-9H2,2-6H3/b12-10-,17-14+,26-16-. The zero-order chi connectivity index (χ0) is 19.1. The number of fused-ring (bicyclic) bond motifs is 1. The highest BCUT2D eigenvalue weighted by Gasteiger charge is 2.19. The minimum absolute atomic E-state index is 0.427. The molecule has 0 aliphatic rings. The second kappa shape index (κ2) is 9.28. The zero-order valence-corrected chi connectivity index (χ0v) is 16.7. The van der Waals surface area contributed by atoms with Crippen molar-refractivity contribution in [3.63, 3.8) is 0 Å². The smallest absolute Gasteiger partial charge is 0.0764 e. The van der Waals surface area contributed by atoms with Crippen molar-refractivity contribution in [3.8, 4) is 0 Å². The number of benzene rings is 1. The molecule has 136 valence electrons. The first-order valence-corrected chi connectivity index (χ1v) is 9.45. The maximum atomic E-state index is 4.82. The van der Waals surface area contributed by atoms with Gasteiger partial charge in [-0.15, -0.1) is 0 Å². The molecular weight excluding hydrogens is 316 g/mol. The number of allylic oxidation sites excluding steroid dienone is 4. The molecule has 1 atom stereocenters. The SMILES string of the molecule is C=C/C=C\c1c(C)c(/N=C\C=C(/C)CC)c2cccnc2c1C(C)CC. The van der Waals surface area contributed by atoms with Gasteiger partial charge >= 0.3 is 0 Å². The highest BCUT2D eigenvalue weighted by molar-refractivity contribution is 5.99. The Hall–Kier alpha value is -2.48. The molecule has 0 N–H and O–H groups in total. The van der Waals surface area contributed by atoms with E-state index in [2.05, 4.69) is 59.4 Å². The quantitative estimate of drug-likeness (QED) is 0.381. The molecule has 1 unspecified atom stereocenters. The molecule has 1 aromatic carbocycles. The molecule has 1 heterocycles. The van der Waals surface area contributed by atoms with Crippen LogP contribution >= 0.6 is 0 Å². The number of pyridine rings is 1. The Balaban J connectivity index is 2.82. The Bertz CT molecular complexity index is 869. The van der Waals surface area contributed by atoms with Gasteiger partial charge in [-0.05, 0) is 67.5 Å². The van der Waals surface area contributed by atoms with E-state index in [1.165, 1.54) is 22.3 Å². The van der Waals surface area contributed by atoms with E-state index < -0.39 is 0 Å². The van der Waals surface area contributed by atoms with Gasteiger partial charge in [0, 0.05) is 17.8 Å². The topological polar surface area (TPSA) is 25.2 Å². The van der Waals surface area contributed by atoms with Gasteiger partial charge in [0.05, 0.1) is 11.2 Å². The van der Waals surface area contributed by atoms with Crippen molar-refractivity contribution >= 4 is 28.9 Å². The predicted molar refractivity (Wildman–Crippen MR) is 117 cm³/mol. The van der Waals surface area contributed by atoms with Gasteiger partial charge in [0.2, 0.25) is 0 Å². The second-order valence-electron chi connectivity index (χ2n) is 6.75. The molecule has 0 aliphatic heterocycles. The van der Waals surface area contributed by atoms with E-state index in [0.717, 1.165) is 29.4 Å². The van der Waals surface area contributed by atoms with Gasteiger partial charge in [-0.25, -0.2) is 0 Å². The highest BCUT2D eigenvalue weighted by Crippen LogP contribution is 2.39. The van der Waals surface area contributed by atoms with Gasteiger partial charge in [0.25, 0.3) is 0 Å². The number of hydrogen-bond donors (Lipinski definition) is 0. The molecule has 0 aliphatic carbocycles. The van der Waals surface area contributed by atoms with Gasteiger partial charge < -0.3 is 0 Å². The van der Waals surface area contributed by atoms with Crippen LogP contribution in [0.3, 0.4) is 0 Å². The number of aliphatic imine (C=N–C) groups is 1. The van der Waals surface area contributed by atoms with Crippen LogP contribution in [-0.2, 0) is 0 Å². The summed E-state index contributed by atoms with van der Waals surface area (Å²) in [5.74, 6) is 0.427. The normalized spacial score (nSPS) is 13.8. The largest absolute Gasteiger partial charge is 0.256 e. The summed E-state index contributed by atoms with van der Waals surface area (Å²) < 4.78 is 0. The van der Waals surface area contributed by atoms with Crippen molar-refractivity contribution in [3.05, 3.63) is 65.4 Å². The van der Waals surface area contributed by atoms with Crippen molar-refractivity contribution in [2.24, 2.45) is 4.99 Å². The lowest BCUT2D eigenvalue weighted by molar-refractivity contribution is 0.735. The summed E-state index contributed by atoms with van der Waals surface area (Å²) in [6.45, 7) is 14.8. The second-order valence-corrected chi connectivity index (χ2v) is 6.75. The first-order valence-electron chi connectivity index (χ1n) is 9.45. The predicted octanol–water partition coefficient (Wildman–Crippen LogP) is 7.31. The van der Waals surface area contributed by atoms with Crippen molar-refractivity contribution in [1.29, 1.82) is 0 Å². The summed E-state index contributed by atoms with van der Waals surface area (Å²) >= 11 is 0. The van der Waals surface area contributed by atoms with E-state index in [1.807, 2.05) is 30.6 Å². The number of aromatic nitrogens is 1. The summed E-state index contributed by atoms with van der Waals surface area (Å²) in [5.41, 5.74) is 7.09. The third kappa shape index (κ3) is 4.19. The molecule has 0 bridgehead atoms. The first-order chi connectivity index (χ1) is 12.5. The zero-order valence-electron chi connectivity index (χ0n) is 16.7. The maximum absolute atomic E-state index is 4.82. The lowest BCUT2D eigenvalue weighted by Gasteiger charge is -2.20. The third-order valence-electron chi connectivity index (χ3n) is 4.99. The molecule has 26 heavy (non-hydrogen) atoms. The highest BCUT2D eigenvalue weighted by atomic mass is 14.7. The average molecular weight is 347 g/mol. The van der Waals surface area contributed by atoms with Crippen LogP contribution in [-0.4, -0.2) is 11.2 Å². The Kier molecular flexibility index (Phi) is 7.08. The minimum Gasteiger partial charge on any atom is -0.256 e. The summed E-state index contributed by atoms with van der Waals surface area (Å²) in [4.78, 5) is 9.55. The van der Waals surface area contributed by atoms with Gasteiger partial charge in [0.1, 0.15) is 0 Å². The number of nitrogens with zero attached hydrogens (tertiary/aromatic N) is 2. The van der Waals surface area contributed by atoms with Crippen LogP contribution in [0.15, 0.2) is 53.7 Å². The fraction of sp³-hybridized carbons (Fsp3) is 0.333. The van der Waals surface area contributed by atoms with Crippen LogP contribution in [0.2, 0.25) is 0 Å². The van der Waals surface area contributed by atoms with Gasteiger partial charge in [0.15, 0.2) is 0 Å². The molecule has 2 aromatic rings. The molecule has 2 rings (SSSR count). The molecule has 0 saturated carbocycles. The Labute approximate surface area is 158 Å². The maximum Gasteiger partial charge on any atom is 0.0764 e. The third-order valence-corrected chi connectivity index (χ3v) is 4.99. The summed E-state index contributed by atoms with van der Waals surface area (Å²) in [5, 5.41) is 1.12. The fourth-order valence-electron chi connectivity index (χ4n) is 3.08. The number of hydrogen-bond acceptors (Lipinski definition) is 2. The molecular formula is C24H30N2. The van der Waals surface area contributed by atoms with Crippen LogP contribution in [0.5, 0.6) is 0 Å². The van der Waals surface area contributed by atoms with E-state index in [4.69, 9.17) is 9.98 Å². The van der Waals surface area contributed by atoms with Crippen molar-refractivity contribution in [1.82, 2.24) is 4.98 Å². The van der Waals surface area contributed by atoms with Crippen LogP contribution in [0.25, 0.3) is 17.0 Å².